The lowest BCUT2D eigenvalue weighted by molar-refractivity contribution is 0.192. The van der Waals surface area contributed by atoms with Crippen LogP contribution in [0.5, 0.6) is 0 Å². The topological polar surface area (TPSA) is 15.3 Å². The van der Waals surface area contributed by atoms with Gasteiger partial charge in [-0.3, -0.25) is 4.90 Å². The SMILES string of the molecule is CC(C)N(Cc1cc(Cl)ccc1F)CC1CCCN1. The molecule has 0 radical (unpaired) electrons. The predicted octanol–water partition coefficient (Wildman–Crippen LogP) is 3.44. The van der Waals surface area contributed by atoms with Crippen LogP contribution in [0.1, 0.15) is 32.3 Å². The maximum Gasteiger partial charge on any atom is 0.127 e. The molecule has 0 saturated carbocycles. The first-order valence-electron chi connectivity index (χ1n) is 6.97. The lowest BCUT2D eigenvalue weighted by Gasteiger charge is -2.29. The van der Waals surface area contributed by atoms with Crippen molar-refractivity contribution in [3.8, 4) is 0 Å². The third kappa shape index (κ3) is 4.16. The van der Waals surface area contributed by atoms with Crippen LogP contribution in [0, 0.1) is 5.82 Å². The van der Waals surface area contributed by atoms with Crippen molar-refractivity contribution in [3.05, 3.63) is 34.6 Å². The molecule has 1 N–H and O–H groups in total. The summed E-state index contributed by atoms with van der Waals surface area (Å²) in [5.74, 6) is -0.172. The summed E-state index contributed by atoms with van der Waals surface area (Å²) < 4.78 is 13.8. The van der Waals surface area contributed by atoms with Crippen LogP contribution in [-0.4, -0.2) is 30.1 Å². The van der Waals surface area contributed by atoms with E-state index >= 15 is 0 Å². The van der Waals surface area contributed by atoms with Gasteiger partial charge in [0.25, 0.3) is 0 Å². The Morgan fingerprint density at radius 2 is 2.26 bits per heavy atom. The molecule has 1 aliphatic heterocycles. The predicted molar refractivity (Wildman–Crippen MR) is 78.0 cm³/mol. The van der Waals surface area contributed by atoms with Gasteiger partial charge in [-0.2, -0.15) is 0 Å². The zero-order valence-electron chi connectivity index (χ0n) is 11.6. The Balaban J connectivity index is 2.04. The second-order valence-electron chi connectivity index (χ2n) is 5.55. The highest BCUT2D eigenvalue weighted by molar-refractivity contribution is 6.30. The Hall–Kier alpha value is -0.640. The van der Waals surface area contributed by atoms with Gasteiger partial charge in [-0.05, 0) is 51.4 Å². The van der Waals surface area contributed by atoms with Crippen LogP contribution in [0.4, 0.5) is 4.39 Å². The molecule has 2 nitrogen and oxygen atoms in total. The molecular formula is C15H22ClFN2. The van der Waals surface area contributed by atoms with Crippen molar-refractivity contribution in [1.82, 2.24) is 10.2 Å². The number of hydrogen-bond donors (Lipinski definition) is 1. The largest absolute Gasteiger partial charge is 0.313 e. The quantitative estimate of drug-likeness (QED) is 0.891. The molecule has 2 rings (SSSR count). The van der Waals surface area contributed by atoms with Crippen molar-refractivity contribution < 1.29 is 4.39 Å². The number of hydrogen-bond acceptors (Lipinski definition) is 2. The van der Waals surface area contributed by atoms with Gasteiger partial charge >= 0.3 is 0 Å². The number of nitrogens with one attached hydrogen (secondary N) is 1. The van der Waals surface area contributed by atoms with E-state index in [4.69, 9.17) is 11.6 Å². The van der Waals surface area contributed by atoms with Gasteiger partial charge in [0.2, 0.25) is 0 Å². The van der Waals surface area contributed by atoms with E-state index in [9.17, 15) is 4.39 Å². The maximum absolute atomic E-state index is 13.8. The first kappa shape index (κ1) is 14.8. The molecule has 1 unspecified atom stereocenters. The molecule has 0 amide bonds. The van der Waals surface area contributed by atoms with Crippen molar-refractivity contribution in [2.75, 3.05) is 13.1 Å². The molecule has 1 aromatic rings. The smallest absolute Gasteiger partial charge is 0.127 e. The zero-order valence-corrected chi connectivity index (χ0v) is 12.4. The zero-order chi connectivity index (χ0) is 13.8. The average molecular weight is 285 g/mol. The minimum atomic E-state index is -0.172. The molecule has 1 atom stereocenters. The second kappa shape index (κ2) is 6.69. The standard InChI is InChI=1S/C15H22ClFN2/c1-11(2)19(10-14-4-3-7-18-14)9-12-8-13(16)5-6-15(12)17/h5-6,8,11,14,18H,3-4,7,9-10H2,1-2H3. The Morgan fingerprint density at radius 3 is 2.89 bits per heavy atom. The van der Waals surface area contributed by atoms with Gasteiger partial charge in [0.1, 0.15) is 5.82 Å². The van der Waals surface area contributed by atoms with Crippen molar-refractivity contribution in [2.45, 2.75) is 45.3 Å². The van der Waals surface area contributed by atoms with E-state index in [2.05, 4.69) is 24.1 Å². The van der Waals surface area contributed by atoms with Gasteiger partial charge < -0.3 is 5.32 Å². The fourth-order valence-corrected chi connectivity index (χ4v) is 2.73. The Kier molecular flexibility index (Phi) is 5.20. The molecule has 1 heterocycles. The molecular weight excluding hydrogens is 263 g/mol. The first-order chi connectivity index (χ1) is 9.06. The average Bonchev–Trinajstić information content (AvgIpc) is 2.85. The Bertz CT molecular complexity index is 417. The van der Waals surface area contributed by atoms with E-state index in [-0.39, 0.29) is 5.82 Å². The normalized spacial score (nSPS) is 19.6. The molecule has 0 aliphatic carbocycles. The van der Waals surface area contributed by atoms with E-state index in [0.717, 1.165) is 13.1 Å². The van der Waals surface area contributed by atoms with Gasteiger partial charge in [0.15, 0.2) is 0 Å². The van der Waals surface area contributed by atoms with Crippen molar-refractivity contribution in [2.24, 2.45) is 0 Å². The maximum atomic E-state index is 13.8. The van der Waals surface area contributed by atoms with E-state index in [0.29, 0.717) is 29.2 Å². The van der Waals surface area contributed by atoms with Crippen molar-refractivity contribution in [3.63, 3.8) is 0 Å². The lowest BCUT2D eigenvalue weighted by atomic mass is 10.1. The fourth-order valence-electron chi connectivity index (χ4n) is 2.54. The van der Waals surface area contributed by atoms with Crippen LogP contribution in [0.25, 0.3) is 0 Å². The Morgan fingerprint density at radius 1 is 1.47 bits per heavy atom. The van der Waals surface area contributed by atoms with E-state index < -0.39 is 0 Å². The van der Waals surface area contributed by atoms with Gasteiger partial charge in [0.05, 0.1) is 0 Å². The third-order valence-corrected chi connectivity index (χ3v) is 3.96. The summed E-state index contributed by atoms with van der Waals surface area (Å²) in [7, 11) is 0. The van der Waals surface area contributed by atoms with Crippen LogP contribution in [0.2, 0.25) is 5.02 Å². The minimum Gasteiger partial charge on any atom is -0.313 e. The van der Waals surface area contributed by atoms with Crippen LogP contribution in [0.3, 0.4) is 0 Å². The lowest BCUT2D eigenvalue weighted by Crippen LogP contribution is -2.40. The summed E-state index contributed by atoms with van der Waals surface area (Å²) >= 11 is 5.95. The number of benzene rings is 1. The van der Waals surface area contributed by atoms with Crippen molar-refractivity contribution in [1.29, 1.82) is 0 Å². The number of nitrogens with zero attached hydrogens (tertiary/aromatic N) is 1. The highest BCUT2D eigenvalue weighted by Gasteiger charge is 2.20. The molecule has 19 heavy (non-hydrogen) atoms. The highest BCUT2D eigenvalue weighted by Crippen LogP contribution is 2.19. The van der Waals surface area contributed by atoms with E-state index in [1.54, 1.807) is 12.1 Å². The van der Waals surface area contributed by atoms with Gasteiger partial charge in [-0.15, -0.1) is 0 Å². The third-order valence-electron chi connectivity index (χ3n) is 3.73. The summed E-state index contributed by atoms with van der Waals surface area (Å²) in [4.78, 5) is 2.30. The molecule has 0 aromatic heterocycles. The molecule has 1 aliphatic rings. The van der Waals surface area contributed by atoms with Crippen LogP contribution >= 0.6 is 11.6 Å². The number of rotatable bonds is 5. The summed E-state index contributed by atoms with van der Waals surface area (Å²) in [6.07, 6.45) is 2.45. The monoisotopic (exact) mass is 284 g/mol. The fraction of sp³-hybridized carbons (Fsp3) is 0.600. The molecule has 0 spiro atoms. The first-order valence-corrected chi connectivity index (χ1v) is 7.35. The Labute approximate surface area is 119 Å². The van der Waals surface area contributed by atoms with E-state index in [1.807, 2.05) is 0 Å². The number of halogens is 2. The van der Waals surface area contributed by atoms with Crippen LogP contribution in [0.15, 0.2) is 18.2 Å². The van der Waals surface area contributed by atoms with Gasteiger partial charge in [0, 0.05) is 35.8 Å². The second-order valence-corrected chi connectivity index (χ2v) is 5.99. The molecule has 1 aromatic carbocycles. The van der Waals surface area contributed by atoms with Crippen molar-refractivity contribution >= 4 is 11.6 Å². The summed E-state index contributed by atoms with van der Waals surface area (Å²) in [5.41, 5.74) is 0.680. The van der Waals surface area contributed by atoms with Crippen LogP contribution < -0.4 is 5.32 Å². The summed E-state index contributed by atoms with van der Waals surface area (Å²) in [5, 5.41) is 4.09. The molecule has 0 bridgehead atoms. The van der Waals surface area contributed by atoms with Crippen LogP contribution in [-0.2, 0) is 6.54 Å². The molecule has 1 saturated heterocycles. The highest BCUT2D eigenvalue weighted by atomic mass is 35.5. The summed E-state index contributed by atoms with van der Waals surface area (Å²) in [6.45, 7) is 6.97. The van der Waals surface area contributed by atoms with Gasteiger partial charge in [-0.1, -0.05) is 11.6 Å². The molecule has 106 valence electrons. The van der Waals surface area contributed by atoms with Gasteiger partial charge in [-0.25, -0.2) is 4.39 Å². The van der Waals surface area contributed by atoms with E-state index in [1.165, 1.54) is 18.9 Å². The molecule has 4 heteroatoms. The molecule has 1 fully saturated rings. The summed E-state index contributed by atoms with van der Waals surface area (Å²) in [6, 6.07) is 5.70. The minimum absolute atomic E-state index is 0.172.